The summed E-state index contributed by atoms with van der Waals surface area (Å²) in [4.78, 5) is 18.6. The Morgan fingerprint density at radius 3 is 2.87 bits per heavy atom. The van der Waals surface area contributed by atoms with Crippen LogP contribution in [0.3, 0.4) is 0 Å². The van der Waals surface area contributed by atoms with E-state index in [4.69, 9.17) is 5.73 Å². The molecule has 0 spiro atoms. The molecule has 1 fully saturated rings. The highest BCUT2D eigenvalue weighted by molar-refractivity contribution is 5.16. The molecular formula is C11H17N3O. The van der Waals surface area contributed by atoms with Crippen molar-refractivity contribution in [1.29, 1.82) is 0 Å². The second-order valence-corrected chi connectivity index (χ2v) is 4.56. The number of nitrogens with one attached hydrogen (secondary N) is 1. The Labute approximate surface area is 88.9 Å². The van der Waals surface area contributed by atoms with Crippen molar-refractivity contribution in [3.05, 3.63) is 27.9 Å². The quantitative estimate of drug-likeness (QED) is 0.783. The zero-order valence-corrected chi connectivity index (χ0v) is 9.21. The van der Waals surface area contributed by atoms with Gasteiger partial charge < -0.3 is 10.7 Å². The molecule has 1 atom stereocenters. The Morgan fingerprint density at radius 1 is 1.67 bits per heavy atom. The number of aromatic amines is 1. The average molecular weight is 207 g/mol. The highest BCUT2D eigenvalue weighted by Gasteiger charge is 2.28. The summed E-state index contributed by atoms with van der Waals surface area (Å²) >= 11 is 0. The Kier molecular flexibility index (Phi) is 2.38. The fraction of sp³-hybridized carbons (Fsp3) is 0.636. The van der Waals surface area contributed by atoms with Crippen molar-refractivity contribution in [3.63, 3.8) is 0 Å². The van der Waals surface area contributed by atoms with Crippen LogP contribution in [0.4, 0.5) is 0 Å². The van der Waals surface area contributed by atoms with Gasteiger partial charge in [0.05, 0.1) is 11.2 Å². The molecule has 82 valence electrons. The van der Waals surface area contributed by atoms with Crippen LogP contribution in [-0.2, 0) is 5.54 Å². The van der Waals surface area contributed by atoms with Crippen LogP contribution in [0, 0.1) is 0 Å². The molecule has 1 saturated carbocycles. The molecule has 0 bridgehead atoms. The van der Waals surface area contributed by atoms with Crippen molar-refractivity contribution in [2.75, 3.05) is 0 Å². The lowest BCUT2D eigenvalue weighted by atomic mass is 9.99. The number of nitrogens with zero attached hydrogens (tertiary/aromatic N) is 1. The summed E-state index contributed by atoms with van der Waals surface area (Å²) in [5.74, 6) is 1.10. The summed E-state index contributed by atoms with van der Waals surface area (Å²) < 4.78 is 0. The summed E-state index contributed by atoms with van der Waals surface area (Å²) in [5, 5.41) is 0. The van der Waals surface area contributed by atoms with Crippen LogP contribution in [0.25, 0.3) is 0 Å². The van der Waals surface area contributed by atoms with Crippen LogP contribution < -0.4 is 11.3 Å². The molecule has 4 heteroatoms. The van der Waals surface area contributed by atoms with Gasteiger partial charge in [0.1, 0.15) is 5.82 Å². The standard InChI is InChI=1S/C11H17N3O/c1-3-11(2,12)10-13-8(7-4-5-7)6-9(15)14-10/h6-7H,3-5,12H2,1-2H3,(H,13,14,15). The van der Waals surface area contributed by atoms with E-state index >= 15 is 0 Å². The van der Waals surface area contributed by atoms with Crippen LogP contribution in [0.1, 0.15) is 50.5 Å². The van der Waals surface area contributed by atoms with Crippen molar-refractivity contribution in [2.45, 2.75) is 44.6 Å². The largest absolute Gasteiger partial charge is 0.319 e. The third-order valence-electron chi connectivity index (χ3n) is 3.03. The van der Waals surface area contributed by atoms with Crippen molar-refractivity contribution in [1.82, 2.24) is 9.97 Å². The van der Waals surface area contributed by atoms with Gasteiger partial charge in [-0.3, -0.25) is 4.79 Å². The second-order valence-electron chi connectivity index (χ2n) is 4.56. The van der Waals surface area contributed by atoms with E-state index in [1.165, 1.54) is 0 Å². The minimum atomic E-state index is -0.538. The number of rotatable bonds is 3. The molecule has 1 aromatic heterocycles. The summed E-state index contributed by atoms with van der Waals surface area (Å²) in [6.07, 6.45) is 3.04. The van der Waals surface area contributed by atoms with E-state index in [-0.39, 0.29) is 5.56 Å². The molecule has 1 aliphatic rings. The molecule has 4 nitrogen and oxygen atoms in total. The smallest absolute Gasteiger partial charge is 0.251 e. The van der Waals surface area contributed by atoms with Crippen LogP contribution in [0.2, 0.25) is 0 Å². The third kappa shape index (κ3) is 2.09. The van der Waals surface area contributed by atoms with Gasteiger partial charge in [-0.25, -0.2) is 4.98 Å². The summed E-state index contributed by atoms with van der Waals surface area (Å²) in [6.45, 7) is 3.88. The Balaban J connectivity index is 2.43. The molecule has 0 amide bonds. The average Bonchev–Trinajstić information content (AvgIpc) is 3.00. The van der Waals surface area contributed by atoms with E-state index in [1.807, 2.05) is 13.8 Å². The molecule has 1 unspecified atom stereocenters. The molecule has 0 radical (unpaired) electrons. The van der Waals surface area contributed by atoms with Gasteiger partial charge in [0.25, 0.3) is 5.56 Å². The van der Waals surface area contributed by atoms with E-state index in [1.54, 1.807) is 6.07 Å². The minimum absolute atomic E-state index is 0.0907. The first-order valence-corrected chi connectivity index (χ1v) is 5.43. The lowest BCUT2D eigenvalue weighted by molar-refractivity contribution is 0.441. The summed E-state index contributed by atoms with van der Waals surface area (Å²) in [7, 11) is 0. The van der Waals surface area contributed by atoms with Gasteiger partial charge in [-0.15, -0.1) is 0 Å². The van der Waals surface area contributed by atoms with Crippen LogP contribution in [0.15, 0.2) is 10.9 Å². The maximum atomic E-state index is 11.5. The molecule has 0 saturated heterocycles. The van der Waals surface area contributed by atoms with Gasteiger partial charge in [0.2, 0.25) is 0 Å². The molecular weight excluding hydrogens is 190 g/mol. The Hall–Kier alpha value is -1.16. The van der Waals surface area contributed by atoms with E-state index in [2.05, 4.69) is 9.97 Å². The number of hydrogen-bond donors (Lipinski definition) is 2. The maximum Gasteiger partial charge on any atom is 0.251 e. The van der Waals surface area contributed by atoms with Crippen molar-refractivity contribution < 1.29 is 0 Å². The fourth-order valence-corrected chi connectivity index (χ4v) is 1.50. The lowest BCUT2D eigenvalue weighted by Crippen LogP contribution is -2.36. The minimum Gasteiger partial charge on any atom is -0.319 e. The molecule has 1 heterocycles. The lowest BCUT2D eigenvalue weighted by Gasteiger charge is -2.21. The predicted molar refractivity (Wildman–Crippen MR) is 58.7 cm³/mol. The van der Waals surface area contributed by atoms with Crippen molar-refractivity contribution >= 4 is 0 Å². The van der Waals surface area contributed by atoms with Gasteiger partial charge in [-0.1, -0.05) is 6.92 Å². The zero-order valence-electron chi connectivity index (χ0n) is 9.21. The topological polar surface area (TPSA) is 71.8 Å². The SMILES string of the molecule is CCC(C)(N)c1nc(C2CC2)cc(=O)[nH]1. The van der Waals surface area contributed by atoms with Gasteiger partial charge >= 0.3 is 0 Å². The number of nitrogens with two attached hydrogens (primary N) is 1. The van der Waals surface area contributed by atoms with Crippen molar-refractivity contribution in [2.24, 2.45) is 5.73 Å². The highest BCUT2D eigenvalue weighted by Crippen LogP contribution is 2.38. The maximum absolute atomic E-state index is 11.5. The van der Waals surface area contributed by atoms with Crippen LogP contribution >= 0.6 is 0 Å². The predicted octanol–water partition coefficient (Wildman–Crippen LogP) is 1.23. The first-order valence-electron chi connectivity index (χ1n) is 5.43. The fourth-order valence-electron chi connectivity index (χ4n) is 1.50. The van der Waals surface area contributed by atoms with Crippen LogP contribution in [-0.4, -0.2) is 9.97 Å². The van der Waals surface area contributed by atoms with Crippen molar-refractivity contribution in [3.8, 4) is 0 Å². The zero-order chi connectivity index (χ0) is 11.1. The second kappa shape index (κ2) is 3.45. The molecule has 2 rings (SSSR count). The van der Waals surface area contributed by atoms with Gasteiger partial charge in [-0.05, 0) is 26.2 Å². The Bertz CT molecular complexity index is 418. The van der Waals surface area contributed by atoms with Gasteiger partial charge in [0.15, 0.2) is 0 Å². The summed E-state index contributed by atoms with van der Waals surface area (Å²) in [6, 6.07) is 1.59. The number of aromatic nitrogens is 2. The number of hydrogen-bond acceptors (Lipinski definition) is 3. The van der Waals surface area contributed by atoms with E-state index in [9.17, 15) is 4.79 Å². The molecule has 1 aliphatic carbocycles. The van der Waals surface area contributed by atoms with Crippen LogP contribution in [0.5, 0.6) is 0 Å². The molecule has 0 aliphatic heterocycles. The van der Waals surface area contributed by atoms with Gasteiger partial charge in [-0.2, -0.15) is 0 Å². The first-order chi connectivity index (χ1) is 7.03. The van der Waals surface area contributed by atoms with E-state index in [0.717, 1.165) is 25.0 Å². The first kappa shape index (κ1) is 10.4. The van der Waals surface area contributed by atoms with Gasteiger partial charge in [0, 0.05) is 12.0 Å². The molecule has 0 aromatic carbocycles. The monoisotopic (exact) mass is 207 g/mol. The number of H-pyrrole nitrogens is 1. The normalized spacial score (nSPS) is 19.9. The Morgan fingerprint density at radius 2 is 2.33 bits per heavy atom. The summed E-state index contributed by atoms with van der Waals surface area (Å²) in [5.41, 5.74) is 6.34. The highest BCUT2D eigenvalue weighted by atomic mass is 16.1. The molecule has 1 aromatic rings. The van der Waals surface area contributed by atoms with E-state index in [0.29, 0.717) is 11.7 Å². The molecule has 15 heavy (non-hydrogen) atoms. The van der Waals surface area contributed by atoms with E-state index < -0.39 is 5.54 Å². The molecule has 3 N–H and O–H groups in total. The third-order valence-corrected chi connectivity index (χ3v) is 3.03.